The molecule has 1 heterocycles. The van der Waals surface area contributed by atoms with Gasteiger partial charge in [0.15, 0.2) is 5.75 Å². The molecule has 0 fully saturated rings. The standard InChI is InChI=1S/C28H28N4O5/c1-18-11-12-26(25(13-18)32(34)35)37-17-22-8-5-9-23(14-22)28(33)29-27-19(2)30-31(20(27)3)16-21-7-6-10-24(15-21)36-4/h5-15H,16-17H2,1-4H3,(H,29,33). The highest BCUT2D eigenvalue weighted by atomic mass is 16.6. The predicted molar refractivity (Wildman–Crippen MR) is 140 cm³/mol. The van der Waals surface area contributed by atoms with E-state index >= 15 is 0 Å². The Labute approximate surface area is 214 Å². The van der Waals surface area contributed by atoms with Gasteiger partial charge in [-0.2, -0.15) is 5.10 Å². The molecule has 9 nitrogen and oxygen atoms in total. The number of carbonyl (C=O) groups is 1. The lowest BCUT2D eigenvalue weighted by Crippen LogP contribution is -2.14. The van der Waals surface area contributed by atoms with E-state index in [-0.39, 0.29) is 24.0 Å². The van der Waals surface area contributed by atoms with Crippen LogP contribution in [0.1, 0.15) is 38.4 Å². The smallest absolute Gasteiger partial charge is 0.311 e. The quantitative estimate of drug-likeness (QED) is 0.237. The van der Waals surface area contributed by atoms with E-state index < -0.39 is 4.92 Å². The molecule has 0 spiro atoms. The Kier molecular flexibility index (Phi) is 7.52. The van der Waals surface area contributed by atoms with Crippen molar-refractivity contribution in [3.05, 3.63) is 110 Å². The van der Waals surface area contributed by atoms with Gasteiger partial charge in [0, 0.05) is 11.6 Å². The van der Waals surface area contributed by atoms with Crippen LogP contribution in [0, 0.1) is 30.9 Å². The van der Waals surface area contributed by atoms with Crippen molar-refractivity contribution in [3.8, 4) is 11.5 Å². The van der Waals surface area contributed by atoms with Gasteiger partial charge < -0.3 is 14.8 Å². The maximum atomic E-state index is 13.1. The molecule has 0 aliphatic heterocycles. The second-order valence-corrected chi connectivity index (χ2v) is 8.73. The van der Waals surface area contributed by atoms with Gasteiger partial charge >= 0.3 is 5.69 Å². The number of amides is 1. The van der Waals surface area contributed by atoms with Crippen LogP contribution in [0.15, 0.2) is 66.7 Å². The largest absolute Gasteiger partial charge is 0.497 e. The van der Waals surface area contributed by atoms with E-state index in [4.69, 9.17) is 9.47 Å². The first kappa shape index (κ1) is 25.4. The molecule has 0 saturated carbocycles. The van der Waals surface area contributed by atoms with Crippen molar-refractivity contribution in [2.45, 2.75) is 33.9 Å². The molecule has 3 aromatic carbocycles. The van der Waals surface area contributed by atoms with Crippen LogP contribution in [-0.4, -0.2) is 27.7 Å². The average Bonchev–Trinajstić information content (AvgIpc) is 3.15. The molecule has 4 aromatic rings. The minimum absolute atomic E-state index is 0.0849. The summed E-state index contributed by atoms with van der Waals surface area (Å²) < 4.78 is 12.9. The van der Waals surface area contributed by atoms with Crippen molar-refractivity contribution in [2.75, 3.05) is 12.4 Å². The summed E-state index contributed by atoms with van der Waals surface area (Å²) in [6.07, 6.45) is 0. The molecule has 4 rings (SSSR count). The van der Waals surface area contributed by atoms with E-state index in [1.807, 2.05) is 42.8 Å². The number of nitrogens with zero attached hydrogens (tertiary/aromatic N) is 3. The van der Waals surface area contributed by atoms with Crippen LogP contribution in [0.5, 0.6) is 11.5 Å². The Balaban J connectivity index is 1.47. The van der Waals surface area contributed by atoms with Crippen molar-refractivity contribution in [1.29, 1.82) is 0 Å². The fourth-order valence-corrected chi connectivity index (χ4v) is 4.02. The molecule has 0 atom stereocenters. The Morgan fingerprint density at radius 1 is 1.03 bits per heavy atom. The van der Waals surface area contributed by atoms with Crippen molar-refractivity contribution in [1.82, 2.24) is 9.78 Å². The Morgan fingerprint density at radius 3 is 2.54 bits per heavy atom. The summed E-state index contributed by atoms with van der Waals surface area (Å²) in [6.45, 7) is 6.17. The van der Waals surface area contributed by atoms with E-state index in [2.05, 4.69) is 10.4 Å². The summed E-state index contributed by atoms with van der Waals surface area (Å²) in [5, 5.41) is 18.9. The zero-order valence-electron chi connectivity index (χ0n) is 21.1. The summed E-state index contributed by atoms with van der Waals surface area (Å²) in [5.41, 5.74) is 5.07. The summed E-state index contributed by atoms with van der Waals surface area (Å²) in [4.78, 5) is 24.0. The molecule has 0 saturated heterocycles. The van der Waals surface area contributed by atoms with Gasteiger partial charge in [0.25, 0.3) is 5.91 Å². The number of carbonyl (C=O) groups excluding carboxylic acids is 1. The molecule has 1 N–H and O–H groups in total. The number of rotatable bonds is 9. The number of nitrogens with one attached hydrogen (secondary N) is 1. The first-order chi connectivity index (χ1) is 17.7. The molecule has 37 heavy (non-hydrogen) atoms. The molecular weight excluding hydrogens is 472 g/mol. The van der Waals surface area contributed by atoms with Gasteiger partial charge in [0.2, 0.25) is 0 Å². The van der Waals surface area contributed by atoms with Crippen LogP contribution >= 0.6 is 0 Å². The van der Waals surface area contributed by atoms with Crippen LogP contribution in [0.4, 0.5) is 11.4 Å². The highest BCUT2D eigenvalue weighted by Gasteiger charge is 2.17. The number of anilines is 1. The van der Waals surface area contributed by atoms with Gasteiger partial charge in [-0.25, -0.2) is 0 Å². The third-order valence-electron chi connectivity index (χ3n) is 5.98. The minimum Gasteiger partial charge on any atom is -0.497 e. The van der Waals surface area contributed by atoms with Crippen molar-refractivity contribution in [2.24, 2.45) is 0 Å². The summed E-state index contributed by atoms with van der Waals surface area (Å²) in [6, 6.07) is 19.5. The topological polar surface area (TPSA) is 109 Å². The van der Waals surface area contributed by atoms with Crippen LogP contribution in [0.25, 0.3) is 0 Å². The third kappa shape index (κ3) is 5.95. The number of aromatic nitrogens is 2. The van der Waals surface area contributed by atoms with E-state index in [0.29, 0.717) is 29.1 Å². The number of benzene rings is 3. The lowest BCUT2D eigenvalue weighted by Gasteiger charge is -2.10. The molecule has 190 valence electrons. The normalized spacial score (nSPS) is 10.7. The number of nitro benzene ring substituents is 1. The van der Waals surface area contributed by atoms with Gasteiger partial charge in [-0.15, -0.1) is 0 Å². The fourth-order valence-electron chi connectivity index (χ4n) is 4.02. The van der Waals surface area contributed by atoms with Crippen molar-refractivity contribution < 1.29 is 19.2 Å². The number of ether oxygens (including phenoxy) is 2. The number of hydrogen-bond donors (Lipinski definition) is 1. The van der Waals surface area contributed by atoms with E-state index in [9.17, 15) is 14.9 Å². The molecule has 1 aromatic heterocycles. The Hall–Kier alpha value is -4.66. The third-order valence-corrected chi connectivity index (χ3v) is 5.98. The van der Waals surface area contributed by atoms with Gasteiger partial charge in [-0.1, -0.05) is 30.3 Å². The Bertz CT molecular complexity index is 1460. The molecule has 0 unspecified atom stereocenters. The molecule has 0 bridgehead atoms. The van der Waals surface area contributed by atoms with Crippen molar-refractivity contribution in [3.63, 3.8) is 0 Å². The number of hydrogen-bond acceptors (Lipinski definition) is 6. The molecule has 0 aliphatic carbocycles. The first-order valence-electron chi connectivity index (χ1n) is 11.7. The minimum atomic E-state index is -0.467. The highest BCUT2D eigenvalue weighted by molar-refractivity contribution is 6.05. The second kappa shape index (κ2) is 10.9. The lowest BCUT2D eigenvalue weighted by molar-refractivity contribution is -0.386. The lowest BCUT2D eigenvalue weighted by atomic mass is 10.1. The van der Waals surface area contributed by atoms with Gasteiger partial charge in [0.1, 0.15) is 12.4 Å². The molecular formula is C28H28N4O5. The Morgan fingerprint density at radius 2 is 1.78 bits per heavy atom. The van der Waals surface area contributed by atoms with Gasteiger partial charge in [-0.05, 0) is 67.8 Å². The van der Waals surface area contributed by atoms with Crippen LogP contribution in [0.2, 0.25) is 0 Å². The highest BCUT2D eigenvalue weighted by Crippen LogP contribution is 2.29. The fraction of sp³-hybridized carbons (Fsp3) is 0.214. The second-order valence-electron chi connectivity index (χ2n) is 8.73. The predicted octanol–water partition coefficient (Wildman–Crippen LogP) is 5.60. The number of aryl methyl sites for hydroxylation is 2. The van der Waals surface area contributed by atoms with Gasteiger partial charge in [0.05, 0.1) is 35.7 Å². The van der Waals surface area contributed by atoms with E-state index in [0.717, 1.165) is 22.6 Å². The zero-order valence-corrected chi connectivity index (χ0v) is 21.1. The maximum absolute atomic E-state index is 13.1. The SMILES string of the molecule is COc1cccc(Cn2nc(C)c(NC(=O)c3cccc(COc4ccc(C)cc4[N+](=O)[O-])c3)c2C)c1. The van der Waals surface area contributed by atoms with Crippen LogP contribution in [-0.2, 0) is 13.2 Å². The molecule has 1 amide bonds. The number of methoxy groups -OCH3 is 1. The maximum Gasteiger partial charge on any atom is 0.311 e. The molecule has 9 heteroatoms. The van der Waals surface area contributed by atoms with Crippen molar-refractivity contribution >= 4 is 17.3 Å². The summed E-state index contributed by atoms with van der Waals surface area (Å²) in [7, 11) is 1.63. The van der Waals surface area contributed by atoms with Crippen LogP contribution in [0.3, 0.4) is 0 Å². The van der Waals surface area contributed by atoms with Gasteiger partial charge in [-0.3, -0.25) is 19.6 Å². The van der Waals surface area contributed by atoms with Crippen LogP contribution < -0.4 is 14.8 Å². The average molecular weight is 501 g/mol. The molecule has 0 radical (unpaired) electrons. The summed E-state index contributed by atoms with van der Waals surface area (Å²) in [5.74, 6) is 0.670. The first-order valence-corrected chi connectivity index (χ1v) is 11.7. The number of nitro groups is 1. The molecule has 0 aliphatic rings. The summed E-state index contributed by atoms with van der Waals surface area (Å²) >= 11 is 0. The van der Waals surface area contributed by atoms with E-state index in [1.165, 1.54) is 6.07 Å². The van der Waals surface area contributed by atoms with E-state index in [1.54, 1.807) is 50.4 Å². The monoisotopic (exact) mass is 500 g/mol. The zero-order chi connectivity index (χ0) is 26.5.